The molecule has 5 unspecified atom stereocenters. The van der Waals surface area contributed by atoms with Crippen LogP contribution in [-0.2, 0) is 65.4 Å². The number of phosphoric acid groups is 2. The van der Waals surface area contributed by atoms with E-state index in [0.29, 0.717) is 25.7 Å². The molecule has 0 saturated carbocycles. The first-order chi connectivity index (χ1) is 53.7. The lowest BCUT2D eigenvalue weighted by molar-refractivity contribution is -0.161. The van der Waals surface area contributed by atoms with Gasteiger partial charge in [0.25, 0.3) is 0 Å². The maximum absolute atomic E-state index is 13.1. The molecular formula is C91H150O17P2. The summed E-state index contributed by atoms with van der Waals surface area (Å²) in [4.78, 5) is 73.2. The van der Waals surface area contributed by atoms with Crippen LogP contribution in [0.3, 0.4) is 0 Å². The maximum Gasteiger partial charge on any atom is 0.472 e. The molecule has 17 nitrogen and oxygen atoms in total. The van der Waals surface area contributed by atoms with E-state index in [-0.39, 0.29) is 25.7 Å². The number of allylic oxidation sites excluding steroid dienone is 28. The summed E-state index contributed by atoms with van der Waals surface area (Å²) in [5.74, 6) is -2.26. The lowest BCUT2D eigenvalue weighted by Crippen LogP contribution is -2.30. The second-order valence-electron chi connectivity index (χ2n) is 27.6. The Morgan fingerprint density at radius 1 is 0.264 bits per heavy atom. The summed E-state index contributed by atoms with van der Waals surface area (Å²) in [7, 11) is -10.00. The molecule has 110 heavy (non-hydrogen) atoms. The van der Waals surface area contributed by atoms with E-state index in [4.69, 9.17) is 37.0 Å². The van der Waals surface area contributed by atoms with Crippen molar-refractivity contribution in [2.45, 2.75) is 341 Å². The summed E-state index contributed by atoms with van der Waals surface area (Å²) in [6.45, 7) is 4.48. The van der Waals surface area contributed by atoms with Gasteiger partial charge in [0.05, 0.1) is 26.4 Å². The minimum atomic E-state index is -5.00. The van der Waals surface area contributed by atoms with E-state index >= 15 is 0 Å². The van der Waals surface area contributed by atoms with E-state index in [1.54, 1.807) is 0 Å². The summed E-state index contributed by atoms with van der Waals surface area (Å²) in [5, 5.41) is 10.7. The van der Waals surface area contributed by atoms with Crippen molar-refractivity contribution in [3.8, 4) is 0 Å². The number of ether oxygens (including phenoxy) is 4. The van der Waals surface area contributed by atoms with Gasteiger partial charge in [-0.1, -0.05) is 294 Å². The molecule has 3 N–H and O–H groups in total. The monoisotopic (exact) mass is 1580 g/mol. The molecule has 19 heteroatoms. The third kappa shape index (κ3) is 80.5. The number of aliphatic hydroxyl groups is 1. The summed E-state index contributed by atoms with van der Waals surface area (Å²) >= 11 is 0. The van der Waals surface area contributed by atoms with Gasteiger partial charge in [-0.15, -0.1) is 0 Å². The van der Waals surface area contributed by atoms with Gasteiger partial charge in [0.1, 0.15) is 19.3 Å². The molecule has 0 amide bonds. The Kier molecular flexibility index (Phi) is 77.3. The van der Waals surface area contributed by atoms with E-state index in [1.165, 1.54) is 19.3 Å². The predicted octanol–water partition coefficient (Wildman–Crippen LogP) is 25.3. The zero-order valence-corrected chi connectivity index (χ0v) is 70.4. The summed E-state index contributed by atoms with van der Waals surface area (Å²) in [6.07, 6.45) is 97.4. The maximum atomic E-state index is 13.1. The predicted molar refractivity (Wildman–Crippen MR) is 454 cm³/mol. The Hall–Kier alpha value is -5.58. The van der Waals surface area contributed by atoms with Crippen LogP contribution in [0.5, 0.6) is 0 Å². The van der Waals surface area contributed by atoms with E-state index in [0.717, 1.165) is 225 Å². The van der Waals surface area contributed by atoms with Crippen LogP contribution in [0.25, 0.3) is 0 Å². The standard InChI is InChI=1S/C91H150O17P2/c1-5-9-13-17-21-25-29-33-36-39-42-45-48-52-55-59-63-67-71-75-88(93)101-81-86(107-90(95)77-73-69-65-61-57-51-32-28-24-20-16-12-8-4)83-105-109(97,98)103-79-85(92)80-104-110(99,100)106-84-87(108-91(96)78-74-70-66-62-58-54-50-47-44-41-38-35-31-27-23-19-15-11-7-3)82-102-89(94)76-72-68-64-60-56-53-49-46-43-40-37-34-30-26-22-18-14-10-6-2/h9-10,13-14,16,20-23,25-28,32-38,42-47,52,55,85-87,92H,5-8,11-12,15,17-19,24,29-31,39-41,48-51,53-54,56-84H2,1-4H3,(H,97,98)(H,99,100)/b13-9-,14-10-,20-16-,25-21-,26-22-,27-23-,32-28-,36-33-,37-34-,38-35-,45-42-,46-43-,47-44-,55-52-. The number of rotatable bonds is 78. The molecule has 0 aromatic rings. The molecule has 0 aliphatic carbocycles. The van der Waals surface area contributed by atoms with E-state index in [1.807, 2.05) is 0 Å². The molecule has 0 aliphatic heterocycles. The van der Waals surface area contributed by atoms with Crippen LogP contribution in [0, 0.1) is 0 Å². The van der Waals surface area contributed by atoms with Gasteiger partial charge in [-0.25, -0.2) is 9.13 Å². The van der Waals surface area contributed by atoms with Crippen LogP contribution in [0.4, 0.5) is 0 Å². The third-order valence-corrected chi connectivity index (χ3v) is 19.0. The summed E-state index contributed by atoms with van der Waals surface area (Å²) in [5.41, 5.74) is 0. The Bertz CT molecular complexity index is 2750. The van der Waals surface area contributed by atoms with Gasteiger partial charge in [-0.05, 0) is 173 Å². The average molecular weight is 1580 g/mol. The molecule has 0 aromatic heterocycles. The van der Waals surface area contributed by atoms with Crippen LogP contribution in [-0.4, -0.2) is 96.7 Å². The minimum absolute atomic E-state index is 0.0652. The fraction of sp³-hybridized carbons (Fsp3) is 0.648. The van der Waals surface area contributed by atoms with Crippen LogP contribution < -0.4 is 0 Å². The molecule has 0 spiro atoms. The molecule has 0 bridgehead atoms. The van der Waals surface area contributed by atoms with Crippen LogP contribution in [0.15, 0.2) is 170 Å². The minimum Gasteiger partial charge on any atom is -0.462 e. The zero-order chi connectivity index (χ0) is 80.3. The van der Waals surface area contributed by atoms with Crippen molar-refractivity contribution in [2.75, 3.05) is 39.6 Å². The highest BCUT2D eigenvalue weighted by atomic mass is 31.2. The number of carbonyl (C=O) groups excluding carboxylic acids is 4. The van der Waals surface area contributed by atoms with Crippen LogP contribution in [0.2, 0.25) is 0 Å². The van der Waals surface area contributed by atoms with Crippen molar-refractivity contribution in [3.63, 3.8) is 0 Å². The van der Waals surface area contributed by atoms with Crippen molar-refractivity contribution in [2.24, 2.45) is 0 Å². The molecule has 0 saturated heterocycles. The number of phosphoric ester groups is 2. The molecule has 0 heterocycles. The Morgan fingerprint density at radius 3 is 0.773 bits per heavy atom. The number of aliphatic hydroxyl groups excluding tert-OH is 1. The molecule has 0 rings (SSSR count). The van der Waals surface area contributed by atoms with Crippen molar-refractivity contribution in [3.05, 3.63) is 170 Å². The molecular weight excluding hydrogens is 1430 g/mol. The Balaban J connectivity index is 5.44. The smallest absolute Gasteiger partial charge is 0.462 e. The van der Waals surface area contributed by atoms with Crippen molar-refractivity contribution >= 4 is 39.5 Å². The van der Waals surface area contributed by atoms with Gasteiger partial charge in [0.2, 0.25) is 0 Å². The quantitative estimate of drug-likeness (QED) is 0.0169. The van der Waals surface area contributed by atoms with E-state index < -0.39 is 97.5 Å². The largest absolute Gasteiger partial charge is 0.472 e. The molecule has 5 atom stereocenters. The van der Waals surface area contributed by atoms with Gasteiger partial charge < -0.3 is 33.8 Å². The molecule has 0 aliphatic rings. The fourth-order valence-electron chi connectivity index (χ4n) is 10.8. The lowest BCUT2D eigenvalue weighted by atomic mass is 10.1. The highest BCUT2D eigenvalue weighted by Gasteiger charge is 2.30. The normalized spacial score (nSPS) is 14.6. The molecule has 626 valence electrons. The first kappa shape index (κ1) is 104. The number of unbranched alkanes of at least 4 members (excludes halogenated alkanes) is 24. The molecule has 0 radical (unpaired) electrons. The molecule has 0 aromatic carbocycles. The number of hydrogen-bond acceptors (Lipinski definition) is 15. The van der Waals surface area contributed by atoms with Crippen molar-refractivity contribution in [1.29, 1.82) is 0 Å². The summed E-state index contributed by atoms with van der Waals surface area (Å²) < 4.78 is 68.7. The number of hydrogen-bond donors (Lipinski definition) is 3. The number of carbonyl (C=O) groups is 4. The van der Waals surface area contributed by atoms with Gasteiger partial charge in [0.15, 0.2) is 12.2 Å². The number of esters is 4. The fourth-order valence-corrected chi connectivity index (χ4v) is 12.3. The van der Waals surface area contributed by atoms with Gasteiger partial charge in [0, 0.05) is 25.7 Å². The Morgan fingerprint density at radius 2 is 0.491 bits per heavy atom. The van der Waals surface area contributed by atoms with Crippen molar-refractivity contribution in [1.82, 2.24) is 0 Å². The lowest BCUT2D eigenvalue weighted by Gasteiger charge is -2.21. The van der Waals surface area contributed by atoms with Gasteiger partial charge in [-0.2, -0.15) is 0 Å². The highest BCUT2D eigenvalue weighted by molar-refractivity contribution is 7.47. The van der Waals surface area contributed by atoms with Gasteiger partial charge in [-0.3, -0.25) is 37.3 Å². The van der Waals surface area contributed by atoms with Gasteiger partial charge >= 0.3 is 39.5 Å². The first-order valence-electron chi connectivity index (χ1n) is 42.4. The first-order valence-corrected chi connectivity index (χ1v) is 45.4. The van der Waals surface area contributed by atoms with E-state index in [9.17, 15) is 43.2 Å². The second-order valence-corrected chi connectivity index (χ2v) is 30.6. The topological polar surface area (TPSA) is 237 Å². The second kappa shape index (κ2) is 81.4. The highest BCUT2D eigenvalue weighted by Crippen LogP contribution is 2.45. The SMILES string of the molecule is CC/C=C\C/C=C\C/C=C\C/C=C\C/C=C\CCCCCC(=O)OCC(COP(=O)(O)OCC(O)COP(=O)(O)OCC(COC(=O)CCCCCCCC/C=C\C/C=C\C/C=C\C/C=C\CC)OC(=O)CCCCCCCC/C=C\C/C=C\C/C=C\CCCCC)OC(=O)CCCCCCC/C=C\C/C=C\CCC. The average Bonchev–Trinajstić information content (AvgIpc) is 0.942. The van der Waals surface area contributed by atoms with Crippen LogP contribution in [0.1, 0.15) is 323 Å². The third-order valence-electron chi connectivity index (χ3n) is 17.1. The van der Waals surface area contributed by atoms with E-state index in [2.05, 4.69) is 198 Å². The zero-order valence-electron chi connectivity index (χ0n) is 68.6. The van der Waals surface area contributed by atoms with Crippen LogP contribution >= 0.6 is 15.6 Å². The summed E-state index contributed by atoms with van der Waals surface area (Å²) in [6, 6.07) is 0. The molecule has 0 fully saturated rings. The Labute approximate surface area is 667 Å². The van der Waals surface area contributed by atoms with Crippen molar-refractivity contribution < 1.29 is 80.2 Å².